The molecule has 0 spiro atoms. The first-order valence-electron chi connectivity index (χ1n) is 5.39. The monoisotopic (exact) mass is 201 g/mol. The van der Waals surface area contributed by atoms with Crippen molar-refractivity contribution in [1.82, 2.24) is 0 Å². The fourth-order valence-corrected chi connectivity index (χ4v) is 2.27. The fraction of sp³-hybridized carbons (Fsp3) is 1.00. The van der Waals surface area contributed by atoms with Gasteiger partial charge in [-0.1, -0.05) is 0 Å². The highest BCUT2D eigenvalue weighted by atomic mass is 16.5. The summed E-state index contributed by atoms with van der Waals surface area (Å²) in [6.45, 7) is 4.12. The van der Waals surface area contributed by atoms with E-state index in [-0.39, 0.29) is 17.2 Å². The molecule has 0 aromatic carbocycles. The minimum absolute atomic E-state index is 0.140. The zero-order valence-electron chi connectivity index (χ0n) is 9.55. The number of aliphatic hydroxyl groups is 1. The van der Waals surface area contributed by atoms with Crippen LogP contribution in [0.1, 0.15) is 46.0 Å². The van der Waals surface area contributed by atoms with Crippen molar-refractivity contribution in [1.29, 1.82) is 0 Å². The molecule has 0 amide bonds. The van der Waals surface area contributed by atoms with E-state index in [0.29, 0.717) is 0 Å². The van der Waals surface area contributed by atoms with Crippen LogP contribution in [0.2, 0.25) is 0 Å². The SMILES string of the molecule is COC(C)(C)CC1(N)CCC(O)CC1. The maximum Gasteiger partial charge on any atom is 0.0640 e. The number of nitrogens with two attached hydrogens (primary N) is 1. The van der Waals surface area contributed by atoms with Crippen molar-refractivity contribution < 1.29 is 9.84 Å². The largest absolute Gasteiger partial charge is 0.393 e. The Morgan fingerprint density at radius 1 is 1.43 bits per heavy atom. The van der Waals surface area contributed by atoms with E-state index >= 15 is 0 Å². The van der Waals surface area contributed by atoms with Gasteiger partial charge in [0.15, 0.2) is 0 Å². The van der Waals surface area contributed by atoms with Crippen LogP contribution in [-0.2, 0) is 4.74 Å². The number of aliphatic hydroxyl groups excluding tert-OH is 1. The third kappa shape index (κ3) is 3.23. The summed E-state index contributed by atoms with van der Waals surface area (Å²) in [6.07, 6.45) is 4.19. The Hall–Kier alpha value is -0.120. The summed E-state index contributed by atoms with van der Waals surface area (Å²) in [5.74, 6) is 0. The van der Waals surface area contributed by atoms with Gasteiger partial charge in [0.1, 0.15) is 0 Å². The van der Waals surface area contributed by atoms with Gasteiger partial charge in [0, 0.05) is 12.6 Å². The molecule has 3 nitrogen and oxygen atoms in total. The van der Waals surface area contributed by atoms with Crippen LogP contribution in [0.15, 0.2) is 0 Å². The van der Waals surface area contributed by atoms with Gasteiger partial charge in [-0.05, 0) is 46.0 Å². The van der Waals surface area contributed by atoms with Crippen LogP contribution in [0.4, 0.5) is 0 Å². The number of hydrogen-bond acceptors (Lipinski definition) is 3. The van der Waals surface area contributed by atoms with Crippen molar-refractivity contribution in [2.45, 2.75) is 63.2 Å². The lowest BCUT2D eigenvalue weighted by atomic mass is 9.75. The van der Waals surface area contributed by atoms with E-state index in [4.69, 9.17) is 10.5 Å². The molecule has 0 unspecified atom stereocenters. The van der Waals surface area contributed by atoms with Crippen molar-refractivity contribution in [3.8, 4) is 0 Å². The van der Waals surface area contributed by atoms with Gasteiger partial charge >= 0.3 is 0 Å². The fourth-order valence-electron chi connectivity index (χ4n) is 2.27. The average Bonchev–Trinajstić information content (AvgIpc) is 2.10. The Bertz CT molecular complexity index is 184. The van der Waals surface area contributed by atoms with Gasteiger partial charge in [0.05, 0.1) is 11.7 Å². The van der Waals surface area contributed by atoms with E-state index in [1.807, 2.05) is 0 Å². The van der Waals surface area contributed by atoms with E-state index in [9.17, 15) is 5.11 Å². The van der Waals surface area contributed by atoms with Crippen molar-refractivity contribution in [3.63, 3.8) is 0 Å². The summed E-state index contributed by atoms with van der Waals surface area (Å²) in [4.78, 5) is 0. The normalized spacial score (nSPS) is 34.5. The molecule has 0 radical (unpaired) electrons. The predicted octanol–water partition coefficient (Wildman–Crippen LogP) is 1.43. The second-order valence-electron chi connectivity index (χ2n) is 5.23. The zero-order chi connectivity index (χ0) is 10.8. The smallest absolute Gasteiger partial charge is 0.0640 e. The number of hydrogen-bond donors (Lipinski definition) is 2. The predicted molar refractivity (Wildman–Crippen MR) is 57.1 cm³/mol. The summed E-state index contributed by atoms with van der Waals surface area (Å²) in [6, 6.07) is 0. The Labute approximate surface area is 86.6 Å². The maximum atomic E-state index is 9.41. The van der Waals surface area contributed by atoms with E-state index in [1.165, 1.54) is 0 Å². The molecule has 0 aromatic rings. The average molecular weight is 201 g/mol. The van der Waals surface area contributed by atoms with E-state index in [1.54, 1.807) is 7.11 Å². The van der Waals surface area contributed by atoms with Gasteiger partial charge in [-0.25, -0.2) is 0 Å². The summed E-state index contributed by atoms with van der Waals surface area (Å²) in [5, 5.41) is 9.41. The van der Waals surface area contributed by atoms with Crippen LogP contribution in [0, 0.1) is 0 Å². The highest BCUT2D eigenvalue weighted by molar-refractivity contribution is 4.94. The van der Waals surface area contributed by atoms with Gasteiger partial charge in [-0.3, -0.25) is 0 Å². The third-order valence-corrected chi connectivity index (χ3v) is 3.28. The molecule has 1 aliphatic rings. The van der Waals surface area contributed by atoms with E-state index in [0.717, 1.165) is 32.1 Å². The first-order chi connectivity index (χ1) is 6.37. The molecule has 0 aliphatic heterocycles. The van der Waals surface area contributed by atoms with E-state index in [2.05, 4.69) is 13.8 Å². The molecule has 1 aliphatic carbocycles. The molecule has 3 N–H and O–H groups in total. The maximum absolute atomic E-state index is 9.41. The molecule has 0 saturated heterocycles. The molecule has 14 heavy (non-hydrogen) atoms. The highest BCUT2D eigenvalue weighted by Gasteiger charge is 2.36. The van der Waals surface area contributed by atoms with Crippen LogP contribution < -0.4 is 5.73 Å². The van der Waals surface area contributed by atoms with Gasteiger partial charge in [0.2, 0.25) is 0 Å². The van der Waals surface area contributed by atoms with Crippen molar-refractivity contribution in [2.75, 3.05) is 7.11 Å². The summed E-state index contributed by atoms with van der Waals surface area (Å²) < 4.78 is 5.39. The second-order valence-corrected chi connectivity index (χ2v) is 5.23. The molecule has 3 heteroatoms. The highest BCUT2D eigenvalue weighted by Crippen LogP contribution is 2.33. The van der Waals surface area contributed by atoms with Crippen LogP contribution in [0.25, 0.3) is 0 Å². The molecule has 84 valence electrons. The quantitative estimate of drug-likeness (QED) is 0.726. The lowest BCUT2D eigenvalue weighted by Gasteiger charge is -2.40. The van der Waals surface area contributed by atoms with Gasteiger partial charge in [-0.2, -0.15) is 0 Å². The van der Waals surface area contributed by atoms with Crippen molar-refractivity contribution in [3.05, 3.63) is 0 Å². The number of methoxy groups -OCH3 is 1. The molecule has 0 heterocycles. The lowest BCUT2D eigenvalue weighted by molar-refractivity contribution is -0.0166. The summed E-state index contributed by atoms with van der Waals surface area (Å²) in [5.41, 5.74) is 6.00. The van der Waals surface area contributed by atoms with Crippen LogP contribution >= 0.6 is 0 Å². The number of rotatable bonds is 3. The van der Waals surface area contributed by atoms with Gasteiger partial charge in [0.25, 0.3) is 0 Å². The van der Waals surface area contributed by atoms with Crippen molar-refractivity contribution >= 4 is 0 Å². The molecule has 1 fully saturated rings. The van der Waals surface area contributed by atoms with Crippen LogP contribution in [0.5, 0.6) is 0 Å². The first kappa shape index (κ1) is 12.0. The van der Waals surface area contributed by atoms with Crippen LogP contribution in [0.3, 0.4) is 0 Å². The Balaban J connectivity index is 2.50. The Kier molecular flexibility index (Phi) is 3.56. The second kappa shape index (κ2) is 4.17. The zero-order valence-corrected chi connectivity index (χ0v) is 9.55. The number of ether oxygens (including phenoxy) is 1. The van der Waals surface area contributed by atoms with Crippen LogP contribution in [-0.4, -0.2) is 29.5 Å². The van der Waals surface area contributed by atoms with Gasteiger partial charge < -0.3 is 15.6 Å². The molecule has 0 bridgehead atoms. The Morgan fingerprint density at radius 3 is 2.36 bits per heavy atom. The molecule has 1 saturated carbocycles. The summed E-state index contributed by atoms with van der Waals surface area (Å²) >= 11 is 0. The topological polar surface area (TPSA) is 55.5 Å². The Morgan fingerprint density at radius 2 is 1.93 bits per heavy atom. The molecular formula is C11H23NO2. The molecular weight excluding hydrogens is 178 g/mol. The third-order valence-electron chi connectivity index (χ3n) is 3.28. The molecule has 0 aromatic heterocycles. The van der Waals surface area contributed by atoms with E-state index < -0.39 is 0 Å². The minimum Gasteiger partial charge on any atom is -0.393 e. The lowest BCUT2D eigenvalue weighted by Crippen LogP contribution is -2.49. The van der Waals surface area contributed by atoms with Crippen molar-refractivity contribution in [2.24, 2.45) is 5.73 Å². The molecule has 0 atom stereocenters. The standard InChI is InChI=1S/C11H23NO2/c1-10(2,14-3)8-11(12)6-4-9(13)5-7-11/h9,13H,4-8,12H2,1-3H3. The molecule has 1 rings (SSSR count). The summed E-state index contributed by atoms with van der Waals surface area (Å²) in [7, 11) is 1.72. The van der Waals surface area contributed by atoms with Gasteiger partial charge in [-0.15, -0.1) is 0 Å². The first-order valence-corrected chi connectivity index (χ1v) is 5.39. The minimum atomic E-state index is -0.156.